The number of anilines is 1. The van der Waals surface area contributed by atoms with Gasteiger partial charge >= 0.3 is 5.97 Å². The summed E-state index contributed by atoms with van der Waals surface area (Å²) < 4.78 is 10.3. The van der Waals surface area contributed by atoms with Crippen molar-refractivity contribution in [3.63, 3.8) is 0 Å². The zero-order valence-corrected chi connectivity index (χ0v) is 15.7. The highest BCUT2D eigenvalue weighted by Crippen LogP contribution is 2.29. The van der Waals surface area contributed by atoms with Crippen LogP contribution in [0.15, 0.2) is 18.5 Å². The number of methoxy groups -OCH3 is 1. The van der Waals surface area contributed by atoms with Crippen molar-refractivity contribution in [3.05, 3.63) is 24.0 Å². The zero-order chi connectivity index (χ0) is 18.5. The standard InChI is InChI=1S/C19H28N4O3/c1-4-23-8-6-13(2)16(12-23)22-17-14-5-7-20-18(14)21-11-15(17)19(24)26-10-9-25-3/h5,7,11,13,16H,4,6,8-10,12H2,1-3H3,(H2,20,21,22)/t13-,16+/m0/s1. The van der Waals surface area contributed by atoms with E-state index in [2.05, 4.69) is 34.0 Å². The van der Waals surface area contributed by atoms with Crippen LogP contribution in [-0.4, -0.2) is 66.8 Å². The predicted octanol–water partition coefficient (Wildman–Crippen LogP) is 2.51. The van der Waals surface area contributed by atoms with Crippen LogP contribution < -0.4 is 5.32 Å². The van der Waals surface area contributed by atoms with Gasteiger partial charge in [-0.1, -0.05) is 13.8 Å². The third-order valence-corrected chi connectivity index (χ3v) is 5.15. The zero-order valence-electron chi connectivity index (χ0n) is 15.7. The molecule has 142 valence electrons. The molecule has 3 heterocycles. The molecule has 0 amide bonds. The molecule has 7 heteroatoms. The number of pyridine rings is 1. The Bertz CT molecular complexity index is 745. The minimum Gasteiger partial charge on any atom is -0.460 e. The van der Waals surface area contributed by atoms with Crippen molar-refractivity contribution in [1.29, 1.82) is 0 Å². The number of piperidine rings is 1. The van der Waals surface area contributed by atoms with E-state index in [-0.39, 0.29) is 18.6 Å². The molecule has 3 rings (SSSR count). The maximum atomic E-state index is 12.6. The van der Waals surface area contributed by atoms with Gasteiger partial charge in [-0.15, -0.1) is 0 Å². The molecular weight excluding hydrogens is 332 g/mol. The number of ether oxygens (including phenoxy) is 2. The molecule has 0 aliphatic carbocycles. The minimum absolute atomic E-state index is 0.226. The molecule has 0 spiro atoms. The van der Waals surface area contributed by atoms with Gasteiger partial charge in [0.25, 0.3) is 0 Å². The van der Waals surface area contributed by atoms with E-state index in [0.29, 0.717) is 18.1 Å². The Labute approximate surface area is 154 Å². The lowest BCUT2D eigenvalue weighted by atomic mass is 9.93. The maximum Gasteiger partial charge on any atom is 0.341 e. The number of hydrogen-bond acceptors (Lipinski definition) is 6. The van der Waals surface area contributed by atoms with Gasteiger partial charge in [0.2, 0.25) is 0 Å². The quantitative estimate of drug-likeness (QED) is 0.583. The van der Waals surface area contributed by atoms with Crippen molar-refractivity contribution in [1.82, 2.24) is 14.9 Å². The highest BCUT2D eigenvalue weighted by Gasteiger charge is 2.28. The van der Waals surface area contributed by atoms with E-state index in [1.807, 2.05) is 12.3 Å². The molecule has 2 atom stereocenters. The number of hydrogen-bond donors (Lipinski definition) is 2. The van der Waals surface area contributed by atoms with Crippen molar-refractivity contribution < 1.29 is 14.3 Å². The fourth-order valence-electron chi connectivity index (χ4n) is 3.41. The first-order valence-corrected chi connectivity index (χ1v) is 9.25. The topological polar surface area (TPSA) is 79.5 Å². The average molecular weight is 360 g/mol. The molecular formula is C19H28N4O3. The van der Waals surface area contributed by atoms with Gasteiger partial charge < -0.3 is 24.7 Å². The van der Waals surface area contributed by atoms with E-state index in [4.69, 9.17) is 9.47 Å². The largest absolute Gasteiger partial charge is 0.460 e. The van der Waals surface area contributed by atoms with E-state index >= 15 is 0 Å². The lowest BCUT2D eigenvalue weighted by Crippen LogP contribution is -2.46. The summed E-state index contributed by atoms with van der Waals surface area (Å²) in [5.41, 5.74) is 2.03. The molecule has 1 aliphatic heterocycles. The monoisotopic (exact) mass is 360 g/mol. The SMILES string of the molecule is CCN1CC[C@H](C)[C@H](Nc2c(C(=O)OCCOC)cnc3[nH]ccc23)C1. The summed E-state index contributed by atoms with van der Waals surface area (Å²) in [6, 6.07) is 2.22. The molecule has 26 heavy (non-hydrogen) atoms. The first-order chi connectivity index (χ1) is 12.6. The van der Waals surface area contributed by atoms with Crippen LogP contribution in [0.4, 0.5) is 5.69 Å². The number of nitrogens with zero attached hydrogens (tertiary/aromatic N) is 2. The van der Waals surface area contributed by atoms with Crippen molar-refractivity contribution in [3.8, 4) is 0 Å². The fourth-order valence-corrected chi connectivity index (χ4v) is 3.41. The van der Waals surface area contributed by atoms with E-state index < -0.39 is 0 Å². The number of carbonyl (C=O) groups is 1. The lowest BCUT2D eigenvalue weighted by Gasteiger charge is -2.37. The van der Waals surface area contributed by atoms with E-state index in [1.165, 1.54) is 0 Å². The molecule has 1 saturated heterocycles. The van der Waals surface area contributed by atoms with Crippen LogP contribution in [0, 0.1) is 5.92 Å². The molecule has 0 radical (unpaired) electrons. The molecule has 7 nitrogen and oxygen atoms in total. The van der Waals surface area contributed by atoms with Crippen molar-refractivity contribution in [2.24, 2.45) is 5.92 Å². The lowest BCUT2D eigenvalue weighted by molar-refractivity contribution is 0.0388. The van der Waals surface area contributed by atoms with E-state index in [1.54, 1.807) is 13.3 Å². The normalized spacial score (nSPS) is 21.0. The van der Waals surface area contributed by atoms with Gasteiger partial charge in [0.1, 0.15) is 17.8 Å². The van der Waals surface area contributed by atoms with Gasteiger partial charge in [-0.2, -0.15) is 0 Å². The number of aromatic nitrogens is 2. The van der Waals surface area contributed by atoms with Crippen LogP contribution in [0.3, 0.4) is 0 Å². The fraction of sp³-hybridized carbons (Fsp3) is 0.579. The summed E-state index contributed by atoms with van der Waals surface area (Å²) >= 11 is 0. The summed E-state index contributed by atoms with van der Waals surface area (Å²) in [5, 5.41) is 4.54. The molecule has 0 unspecified atom stereocenters. The van der Waals surface area contributed by atoms with Gasteiger partial charge in [-0.3, -0.25) is 0 Å². The van der Waals surface area contributed by atoms with Gasteiger partial charge in [0, 0.05) is 37.5 Å². The number of H-pyrrole nitrogens is 1. The van der Waals surface area contributed by atoms with Crippen molar-refractivity contribution in [2.75, 3.05) is 45.3 Å². The number of fused-ring (bicyclic) bond motifs is 1. The smallest absolute Gasteiger partial charge is 0.341 e. The second-order valence-electron chi connectivity index (χ2n) is 6.83. The van der Waals surface area contributed by atoms with Crippen LogP contribution in [0.25, 0.3) is 11.0 Å². The van der Waals surface area contributed by atoms with Gasteiger partial charge in [0.15, 0.2) is 0 Å². The molecule has 0 aromatic carbocycles. The van der Waals surface area contributed by atoms with Crippen molar-refractivity contribution >= 4 is 22.7 Å². The van der Waals surface area contributed by atoms with Gasteiger partial charge in [0.05, 0.1) is 12.3 Å². The Morgan fingerprint density at radius 3 is 3.08 bits per heavy atom. The molecule has 1 aliphatic rings. The number of esters is 1. The number of aromatic amines is 1. The third-order valence-electron chi connectivity index (χ3n) is 5.15. The number of nitrogens with one attached hydrogen (secondary N) is 2. The molecule has 1 fully saturated rings. The van der Waals surface area contributed by atoms with Gasteiger partial charge in [-0.25, -0.2) is 9.78 Å². The van der Waals surface area contributed by atoms with E-state index in [0.717, 1.165) is 42.8 Å². The average Bonchev–Trinajstić information content (AvgIpc) is 3.13. The first kappa shape index (κ1) is 18.7. The number of carbonyl (C=O) groups excluding carboxylic acids is 1. The van der Waals surface area contributed by atoms with Gasteiger partial charge in [-0.05, 0) is 31.5 Å². The Hall–Kier alpha value is -2.12. The Balaban J connectivity index is 1.88. The number of rotatable bonds is 7. The summed E-state index contributed by atoms with van der Waals surface area (Å²) in [7, 11) is 1.58. The van der Waals surface area contributed by atoms with Crippen LogP contribution in [-0.2, 0) is 9.47 Å². The van der Waals surface area contributed by atoms with E-state index in [9.17, 15) is 4.79 Å². The number of likely N-dealkylation sites (tertiary alicyclic amines) is 1. The minimum atomic E-state index is -0.379. The number of likely N-dealkylation sites (N-methyl/N-ethyl adjacent to an activating group) is 1. The maximum absolute atomic E-state index is 12.6. The van der Waals surface area contributed by atoms with Crippen LogP contribution >= 0.6 is 0 Å². The molecule has 2 N–H and O–H groups in total. The second-order valence-corrected chi connectivity index (χ2v) is 6.83. The Morgan fingerprint density at radius 1 is 1.46 bits per heavy atom. The molecule has 0 saturated carbocycles. The van der Waals surface area contributed by atoms with Crippen molar-refractivity contribution in [2.45, 2.75) is 26.3 Å². The summed E-state index contributed by atoms with van der Waals surface area (Å²) in [4.78, 5) is 22.5. The molecule has 2 aromatic rings. The summed E-state index contributed by atoms with van der Waals surface area (Å²) in [6.45, 7) is 8.16. The highest BCUT2D eigenvalue weighted by atomic mass is 16.6. The third kappa shape index (κ3) is 3.99. The second kappa shape index (κ2) is 8.51. The Kier molecular flexibility index (Phi) is 6.11. The molecule has 2 aromatic heterocycles. The Morgan fingerprint density at radius 2 is 2.31 bits per heavy atom. The summed E-state index contributed by atoms with van der Waals surface area (Å²) in [5.74, 6) is 0.147. The molecule has 0 bridgehead atoms. The summed E-state index contributed by atoms with van der Waals surface area (Å²) in [6.07, 6.45) is 4.56. The van der Waals surface area contributed by atoms with Crippen LogP contribution in [0.1, 0.15) is 30.6 Å². The highest BCUT2D eigenvalue weighted by molar-refractivity contribution is 6.04. The first-order valence-electron chi connectivity index (χ1n) is 9.25. The van der Waals surface area contributed by atoms with Crippen LogP contribution in [0.5, 0.6) is 0 Å². The van der Waals surface area contributed by atoms with Crippen LogP contribution in [0.2, 0.25) is 0 Å². The predicted molar refractivity (Wildman–Crippen MR) is 102 cm³/mol.